The molecule has 0 saturated carbocycles. The van der Waals surface area contributed by atoms with E-state index in [-0.39, 0.29) is 23.6 Å². The maximum absolute atomic E-state index is 12.5. The zero-order chi connectivity index (χ0) is 17.1. The first kappa shape index (κ1) is 18.6. The van der Waals surface area contributed by atoms with E-state index in [9.17, 15) is 37.5 Å². The van der Waals surface area contributed by atoms with Crippen LogP contribution >= 0.6 is 7.60 Å². The lowest BCUT2D eigenvalue weighted by Crippen LogP contribution is -2.26. The van der Waals surface area contributed by atoms with Gasteiger partial charge in [-0.3, -0.25) is 14.6 Å². The van der Waals surface area contributed by atoms with Gasteiger partial charge < -0.3 is 9.79 Å². The highest BCUT2D eigenvalue weighted by Gasteiger charge is 2.33. The third-order valence-electron chi connectivity index (χ3n) is 3.01. The summed E-state index contributed by atoms with van der Waals surface area (Å²) in [6.45, 7) is 0.705. The van der Waals surface area contributed by atoms with E-state index >= 15 is 0 Å². The van der Waals surface area contributed by atoms with Crippen LogP contribution in [0.4, 0.5) is 13.2 Å². The van der Waals surface area contributed by atoms with Gasteiger partial charge in [-0.05, 0) is 24.1 Å². The second-order valence-corrected chi connectivity index (χ2v) is 6.46. The minimum atomic E-state index is -4.67. The number of carbonyl (C=O) groups is 1. The summed E-state index contributed by atoms with van der Waals surface area (Å²) in [5, 5.41) is 9.51. The summed E-state index contributed by atoms with van der Waals surface area (Å²) >= 11 is 0. The minimum Gasteiger partial charge on any atom is -0.324 e. The van der Waals surface area contributed by atoms with E-state index in [2.05, 4.69) is 0 Å². The second kappa shape index (κ2) is 6.78. The quantitative estimate of drug-likeness (QED) is 0.434. The van der Waals surface area contributed by atoms with Gasteiger partial charge in [0.05, 0.1) is 11.2 Å². The molecule has 10 heteroatoms. The van der Waals surface area contributed by atoms with Gasteiger partial charge in [-0.2, -0.15) is 13.2 Å². The van der Waals surface area contributed by atoms with Crippen LogP contribution in [0.5, 0.6) is 0 Å². The van der Waals surface area contributed by atoms with Gasteiger partial charge in [-0.1, -0.05) is 12.1 Å². The monoisotopic (exact) mass is 341 g/mol. The number of hydrogen-bond donors (Lipinski definition) is 3. The highest BCUT2D eigenvalue weighted by Crippen LogP contribution is 2.53. The van der Waals surface area contributed by atoms with E-state index in [1.807, 2.05) is 0 Å². The Morgan fingerprint density at radius 1 is 1.27 bits per heavy atom. The molecule has 1 rings (SSSR count). The van der Waals surface area contributed by atoms with Gasteiger partial charge in [0.2, 0.25) is 5.91 Å². The normalized spacial score (nSPS) is 13.8. The Morgan fingerprint density at radius 3 is 2.14 bits per heavy atom. The van der Waals surface area contributed by atoms with Gasteiger partial charge in [0.15, 0.2) is 0 Å². The fraction of sp³-hybridized carbons (Fsp3) is 0.417. The number of hydrogen-bond acceptors (Lipinski definition) is 3. The number of amides is 1. The van der Waals surface area contributed by atoms with Crippen LogP contribution in [0.15, 0.2) is 24.3 Å². The second-order valence-electron chi connectivity index (χ2n) is 4.66. The third-order valence-corrected chi connectivity index (χ3v) is 4.37. The van der Waals surface area contributed by atoms with E-state index in [4.69, 9.17) is 0 Å². The van der Waals surface area contributed by atoms with Crippen molar-refractivity contribution in [2.45, 2.75) is 25.2 Å². The molecule has 0 fully saturated rings. The van der Waals surface area contributed by atoms with Crippen LogP contribution in [0.3, 0.4) is 0 Å². The van der Waals surface area contributed by atoms with Crippen LogP contribution < -0.4 is 0 Å². The molecule has 0 aromatic heterocycles. The number of carbonyl (C=O) groups excluding carboxylic acids is 1. The summed E-state index contributed by atoms with van der Waals surface area (Å²) in [6, 6.07) is 3.39. The molecule has 0 radical (unpaired) electrons. The van der Waals surface area contributed by atoms with Crippen molar-refractivity contribution in [3.63, 3.8) is 0 Å². The van der Waals surface area contributed by atoms with Crippen LogP contribution in [-0.2, 0) is 15.5 Å². The molecule has 22 heavy (non-hydrogen) atoms. The summed E-state index contributed by atoms with van der Waals surface area (Å²) in [4.78, 5) is 29.5. The molecule has 0 spiro atoms. The molecule has 0 heterocycles. The predicted molar refractivity (Wildman–Crippen MR) is 70.0 cm³/mol. The molecular formula is C12H15F3NO5P. The van der Waals surface area contributed by atoms with Crippen molar-refractivity contribution in [3.05, 3.63) is 35.4 Å². The van der Waals surface area contributed by atoms with Crippen molar-refractivity contribution in [3.8, 4) is 0 Å². The Balaban J connectivity index is 2.98. The van der Waals surface area contributed by atoms with Crippen molar-refractivity contribution < 1.29 is 37.5 Å². The van der Waals surface area contributed by atoms with Crippen LogP contribution in [0.1, 0.15) is 30.1 Å². The van der Waals surface area contributed by atoms with Gasteiger partial charge in [-0.25, -0.2) is 5.06 Å². The lowest BCUT2D eigenvalue weighted by atomic mass is 10.1. The fourth-order valence-electron chi connectivity index (χ4n) is 1.83. The van der Waals surface area contributed by atoms with Gasteiger partial charge in [-0.15, -0.1) is 0 Å². The number of benzene rings is 1. The third kappa shape index (κ3) is 5.10. The van der Waals surface area contributed by atoms with E-state index < -0.39 is 30.9 Å². The molecule has 0 aliphatic heterocycles. The van der Waals surface area contributed by atoms with Crippen LogP contribution in [0.25, 0.3) is 0 Å². The Hall–Kier alpha value is -1.41. The number of halogens is 3. The maximum Gasteiger partial charge on any atom is 0.416 e. The molecule has 0 aliphatic rings. The molecule has 1 aromatic rings. The lowest BCUT2D eigenvalue weighted by Gasteiger charge is -2.21. The zero-order valence-corrected chi connectivity index (χ0v) is 12.4. The van der Waals surface area contributed by atoms with Crippen LogP contribution in [-0.4, -0.2) is 32.5 Å². The average molecular weight is 341 g/mol. The maximum atomic E-state index is 12.5. The first-order valence-electron chi connectivity index (χ1n) is 6.12. The number of rotatable bonds is 5. The number of nitrogens with zero attached hydrogens (tertiary/aromatic N) is 1. The molecule has 1 aromatic carbocycles. The van der Waals surface area contributed by atoms with E-state index in [0.29, 0.717) is 0 Å². The molecule has 1 amide bonds. The van der Waals surface area contributed by atoms with Crippen molar-refractivity contribution >= 4 is 13.5 Å². The summed E-state index contributed by atoms with van der Waals surface area (Å²) in [5.74, 6) is -0.711. The highest BCUT2D eigenvalue weighted by molar-refractivity contribution is 7.52. The van der Waals surface area contributed by atoms with Crippen molar-refractivity contribution in [2.75, 3.05) is 6.54 Å². The SMILES string of the molecule is CC(=O)N(O)CCC(c1ccc(C(F)(F)F)cc1)P(=O)(O)O. The largest absolute Gasteiger partial charge is 0.416 e. The Labute approximate surface area is 124 Å². The van der Waals surface area contributed by atoms with Crippen molar-refractivity contribution in [2.24, 2.45) is 0 Å². The topological polar surface area (TPSA) is 98.1 Å². The molecule has 1 atom stereocenters. The summed E-state index contributed by atoms with van der Waals surface area (Å²) in [7, 11) is -4.67. The fourth-order valence-corrected chi connectivity index (χ4v) is 2.84. The minimum absolute atomic E-state index is 0.00159. The molecular weight excluding hydrogens is 326 g/mol. The molecule has 1 unspecified atom stereocenters. The van der Waals surface area contributed by atoms with Gasteiger partial charge in [0.1, 0.15) is 0 Å². The molecule has 124 valence electrons. The van der Waals surface area contributed by atoms with E-state index in [1.54, 1.807) is 0 Å². The lowest BCUT2D eigenvalue weighted by molar-refractivity contribution is -0.162. The van der Waals surface area contributed by atoms with E-state index in [0.717, 1.165) is 31.2 Å². The summed E-state index contributed by atoms with van der Waals surface area (Å²) < 4.78 is 48.9. The van der Waals surface area contributed by atoms with Crippen molar-refractivity contribution in [1.82, 2.24) is 5.06 Å². The van der Waals surface area contributed by atoms with Gasteiger partial charge >= 0.3 is 13.8 Å². The Kier molecular flexibility index (Phi) is 5.75. The first-order chi connectivity index (χ1) is 9.93. The highest BCUT2D eigenvalue weighted by atomic mass is 31.2. The summed E-state index contributed by atoms with van der Waals surface area (Å²) in [5.41, 5.74) is -2.35. The molecule has 6 nitrogen and oxygen atoms in total. The first-order valence-corrected chi connectivity index (χ1v) is 7.80. The number of alkyl halides is 3. The standard InChI is InChI=1S/C12H15F3NO5P/c1-8(17)16(18)7-6-11(22(19,20)21)9-2-4-10(5-3-9)12(13,14)15/h2-5,11,18H,6-7H2,1H3,(H2,19,20,21). The summed E-state index contributed by atoms with van der Waals surface area (Å²) in [6.07, 6.45) is -4.85. The Bertz CT molecular complexity index is 569. The molecule has 0 saturated heterocycles. The number of hydroxylamine groups is 2. The molecule has 3 N–H and O–H groups in total. The van der Waals surface area contributed by atoms with Crippen molar-refractivity contribution in [1.29, 1.82) is 0 Å². The smallest absolute Gasteiger partial charge is 0.324 e. The Morgan fingerprint density at radius 2 is 1.77 bits per heavy atom. The predicted octanol–water partition coefficient (Wildman–Crippen LogP) is 2.55. The van der Waals surface area contributed by atoms with Gasteiger partial charge in [0, 0.05) is 13.5 Å². The van der Waals surface area contributed by atoms with Crippen LogP contribution in [0.2, 0.25) is 0 Å². The molecule has 0 bridgehead atoms. The van der Waals surface area contributed by atoms with Gasteiger partial charge in [0.25, 0.3) is 0 Å². The van der Waals surface area contributed by atoms with Crippen LogP contribution in [0, 0.1) is 0 Å². The van der Waals surface area contributed by atoms with E-state index in [1.165, 1.54) is 0 Å². The molecule has 0 aliphatic carbocycles. The zero-order valence-electron chi connectivity index (χ0n) is 11.5. The average Bonchev–Trinajstić information content (AvgIpc) is 2.36.